The molecule has 0 aliphatic carbocycles. The van der Waals surface area contributed by atoms with E-state index >= 15 is 0 Å². The monoisotopic (exact) mass is 554 g/mol. The van der Waals surface area contributed by atoms with E-state index in [9.17, 15) is 18.8 Å². The summed E-state index contributed by atoms with van der Waals surface area (Å²) < 4.78 is 18.9. The van der Waals surface area contributed by atoms with E-state index in [4.69, 9.17) is 16.3 Å². The lowest BCUT2D eigenvalue weighted by molar-refractivity contribution is 0.0886. The number of nitrogens with one attached hydrogen (secondary N) is 4. The number of hydrogen-bond donors (Lipinski definition) is 4. The first-order valence-corrected chi connectivity index (χ1v) is 13.1. The van der Waals surface area contributed by atoms with E-state index in [2.05, 4.69) is 30.8 Å². The Balaban J connectivity index is 1.19. The quantitative estimate of drug-likeness (QED) is 0.353. The van der Waals surface area contributed by atoms with E-state index in [1.54, 1.807) is 24.3 Å². The fourth-order valence-electron chi connectivity index (χ4n) is 4.87. The zero-order valence-electron chi connectivity index (χ0n) is 21.0. The summed E-state index contributed by atoms with van der Waals surface area (Å²) in [4.78, 5) is 47.7. The summed E-state index contributed by atoms with van der Waals surface area (Å²) in [7, 11) is 0. The molecule has 39 heavy (non-hydrogen) atoms. The maximum Gasteiger partial charge on any atom is 0.276 e. The number of amides is 3. The number of imidazole rings is 1. The number of nitrogens with zero attached hydrogens (tertiary/aromatic N) is 2. The first-order chi connectivity index (χ1) is 18.9. The normalized spacial score (nSPS) is 19.4. The van der Waals surface area contributed by atoms with Gasteiger partial charge in [0.2, 0.25) is 0 Å². The van der Waals surface area contributed by atoms with Gasteiger partial charge in [-0.25, -0.2) is 9.37 Å². The molecule has 3 amide bonds. The average Bonchev–Trinajstić information content (AvgIpc) is 3.60. The molecule has 0 bridgehead atoms. The molecule has 0 unspecified atom stereocenters. The number of aromatic nitrogens is 2. The first-order valence-electron chi connectivity index (χ1n) is 12.7. The van der Waals surface area contributed by atoms with Crippen LogP contribution in [-0.2, 0) is 4.74 Å². The van der Waals surface area contributed by atoms with Crippen LogP contribution in [0.15, 0.2) is 48.8 Å². The minimum Gasteiger partial charge on any atom is -0.378 e. The number of benzene rings is 2. The van der Waals surface area contributed by atoms with E-state index in [0.717, 1.165) is 38.1 Å². The highest BCUT2D eigenvalue weighted by molar-refractivity contribution is 6.34. The Morgan fingerprint density at radius 1 is 0.949 bits per heavy atom. The lowest BCUT2D eigenvalue weighted by Gasteiger charge is -2.34. The molecule has 2 saturated heterocycles. The Morgan fingerprint density at radius 3 is 2.33 bits per heavy atom. The van der Waals surface area contributed by atoms with Gasteiger partial charge in [0.15, 0.2) is 5.69 Å². The first kappa shape index (κ1) is 26.8. The SMILES string of the molecule is O=C(Nc1ccc(NC(=O)c2nc[nH]c2C(=O)N[C@@H]2COC[C@H]2N2CCCCC2)cc1)c1ccc(F)cc1Cl. The largest absolute Gasteiger partial charge is 0.378 e. The number of carbonyl (C=O) groups is 3. The molecule has 2 fully saturated rings. The lowest BCUT2D eigenvalue weighted by atomic mass is 10.0. The van der Waals surface area contributed by atoms with Gasteiger partial charge in [-0.2, -0.15) is 0 Å². The van der Waals surface area contributed by atoms with Crippen LogP contribution in [-0.4, -0.2) is 71.0 Å². The minimum absolute atomic E-state index is 0.00213. The van der Waals surface area contributed by atoms with Crippen molar-refractivity contribution in [3.8, 4) is 0 Å². The van der Waals surface area contributed by atoms with Gasteiger partial charge in [0, 0.05) is 11.4 Å². The van der Waals surface area contributed by atoms with Crippen molar-refractivity contribution in [2.75, 3.05) is 36.9 Å². The highest BCUT2D eigenvalue weighted by Gasteiger charge is 2.35. The highest BCUT2D eigenvalue weighted by atomic mass is 35.5. The van der Waals surface area contributed by atoms with Crippen molar-refractivity contribution in [3.05, 3.63) is 76.6 Å². The Hall–Kier alpha value is -3.80. The molecular formula is C27H28ClFN6O4. The molecule has 3 heterocycles. The van der Waals surface area contributed by atoms with Gasteiger partial charge in [-0.15, -0.1) is 0 Å². The van der Waals surface area contributed by atoms with Crippen LogP contribution in [0.3, 0.4) is 0 Å². The van der Waals surface area contributed by atoms with Crippen molar-refractivity contribution in [2.45, 2.75) is 31.3 Å². The van der Waals surface area contributed by atoms with Crippen LogP contribution < -0.4 is 16.0 Å². The molecule has 3 aromatic rings. The molecule has 5 rings (SSSR count). The van der Waals surface area contributed by atoms with Crippen LogP contribution >= 0.6 is 11.6 Å². The van der Waals surface area contributed by atoms with Crippen molar-refractivity contribution in [3.63, 3.8) is 0 Å². The third-order valence-corrected chi connectivity index (χ3v) is 7.20. The number of piperidine rings is 1. The Labute approximate surface area is 229 Å². The van der Waals surface area contributed by atoms with Gasteiger partial charge in [0.05, 0.1) is 42.2 Å². The molecule has 0 spiro atoms. The third-order valence-electron chi connectivity index (χ3n) is 6.88. The number of aromatic amines is 1. The number of hydrogen-bond acceptors (Lipinski definition) is 6. The van der Waals surface area contributed by atoms with Crippen molar-refractivity contribution >= 4 is 40.7 Å². The molecule has 12 heteroatoms. The highest BCUT2D eigenvalue weighted by Crippen LogP contribution is 2.22. The molecular weight excluding hydrogens is 527 g/mol. The van der Waals surface area contributed by atoms with Crippen LogP contribution in [0.25, 0.3) is 0 Å². The Kier molecular flexibility index (Phi) is 8.20. The average molecular weight is 555 g/mol. The third kappa shape index (κ3) is 6.27. The van der Waals surface area contributed by atoms with E-state index < -0.39 is 23.5 Å². The van der Waals surface area contributed by atoms with Gasteiger partial charge in [-0.3, -0.25) is 19.3 Å². The van der Waals surface area contributed by atoms with E-state index in [0.29, 0.717) is 24.6 Å². The molecule has 4 N–H and O–H groups in total. The summed E-state index contributed by atoms with van der Waals surface area (Å²) in [5.74, 6) is -2.03. The Bertz CT molecular complexity index is 1360. The molecule has 2 atom stereocenters. The van der Waals surface area contributed by atoms with E-state index in [1.165, 1.54) is 18.8 Å². The van der Waals surface area contributed by atoms with Crippen LogP contribution in [0.1, 0.15) is 50.6 Å². The fourth-order valence-corrected chi connectivity index (χ4v) is 5.12. The molecule has 2 aliphatic rings. The Morgan fingerprint density at radius 2 is 1.64 bits per heavy atom. The molecule has 1 aromatic heterocycles. The van der Waals surface area contributed by atoms with Gasteiger partial charge in [-0.1, -0.05) is 18.0 Å². The van der Waals surface area contributed by atoms with Crippen LogP contribution in [0, 0.1) is 5.82 Å². The van der Waals surface area contributed by atoms with E-state index in [1.807, 2.05) is 0 Å². The topological polar surface area (TPSA) is 128 Å². The zero-order valence-corrected chi connectivity index (χ0v) is 21.8. The second kappa shape index (κ2) is 11.9. The molecule has 0 saturated carbocycles. The maximum absolute atomic E-state index is 13.2. The van der Waals surface area contributed by atoms with Crippen molar-refractivity contribution in [1.29, 1.82) is 0 Å². The van der Waals surface area contributed by atoms with Crippen molar-refractivity contribution in [1.82, 2.24) is 20.2 Å². The van der Waals surface area contributed by atoms with Gasteiger partial charge in [-0.05, 0) is 68.4 Å². The van der Waals surface area contributed by atoms with Crippen molar-refractivity contribution in [2.24, 2.45) is 0 Å². The second-order valence-corrected chi connectivity index (χ2v) is 9.92. The summed E-state index contributed by atoms with van der Waals surface area (Å²) in [6.07, 6.45) is 4.79. The summed E-state index contributed by atoms with van der Waals surface area (Å²) in [6.45, 7) is 2.95. The zero-order chi connectivity index (χ0) is 27.4. The minimum atomic E-state index is -0.563. The number of rotatable bonds is 7. The summed E-state index contributed by atoms with van der Waals surface area (Å²) in [5, 5.41) is 8.39. The lowest BCUT2D eigenvalue weighted by Crippen LogP contribution is -2.52. The molecule has 2 aliphatic heterocycles. The van der Waals surface area contributed by atoms with Crippen LogP contribution in [0.5, 0.6) is 0 Å². The molecule has 10 nitrogen and oxygen atoms in total. The summed E-state index contributed by atoms with van der Waals surface area (Å²) in [6, 6.07) is 9.79. The number of halogens is 2. The van der Waals surface area contributed by atoms with Gasteiger partial charge in [0.1, 0.15) is 11.5 Å². The molecule has 204 valence electrons. The summed E-state index contributed by atoms with van der Waals surface area (Å²) in [5.41, 5.74) is 1.04. The number of carbonyl (C=O) groups excluding carboxylic acids is 3. The van der Waals surface area contributed by atoms with Crippen molar-refractivity contribution < 1.29 is 23.5 Å². The smallest absolute Gasteiger partial charge is 0.276 e. The van der Waals surface area contributed by atoms with Gasteiger partial charge in [0.25, 0.3) is 17.7 Å². The second-order valence-electron chi connectivity index (χ2n) is 9.52. The maximum atomic E-state index is 13.2. The fraction of sp³-hybridized carbons (Fsp3) is 0.333. The van der Waals surface area contributed by atoms with E-state index in [-0.39, 0.29) is 34.1 Å². The predicted octanol–water partition coefficient (Wildman–Crippen LogP) is 3.69. The van der Waals surface area contributed by atoms with Crippen LogP contribution in [0.4, 0.5) is 15.8 Å². The van der Waals surface area contributed by atoms with Gasteiger partial charge < -0.3 is 25.7 Å². The standard InChI is InChI=1S/C27H28ClFN6O4/c28-20-12-16(29)4-9-19(20)25(36)32-17-5-7-18(8-6-17)33-26(37)23-24(31-15-30-23)27(38)34-21-13-39-14-22(21)35-10-2-1-3-11-35/h4-9,12,15,21-22H,1-3,10-11,13-14H2,(H,30,31)(H,32,36)(H,33,37)(H,34,38)/t21-,22-/m1/s1. The molecule has 2 aromatic carbocycles. The summed E-state index contributed by atoms with van der Waals surface area (Å²) >= 11 is 5.95. The number of likely N-dealkylation sites (tertiary alicyclic amines) is 1. The van der Waals surface area contributed by atoms with Crippen LogP contribution in [0.2, 0.25) is 5.02 Å². The predicted molar refractivity (Wildman–Crippen MR) is 144 cm³/mol. The van der Waals surface area contributed by atoms with Gasteiger partial charge >= 0.3 is 0 Å². The number of H-pyrrole nitrogens is 1. The molecule has 0 radical (unpaired) electrons. The number of anilines is 2. The number of ether oxygens (including phenoxy) is 1.